The minimum atomic E-state index is -2.42. The molecule has 0 aromatic carbocycles. The zero-order chi connectivity index (χ0) is 48.9. The average Bonchev–Trinajstić information content (AvgIpc) is 3.30. The van der Waals surface area contributed by atoms with E-state index < -0.39 is 77.8 Å². The largest absolute Gasteiger partial charge is 0.460 e. The number of aliphatic hydroxyl groups excluding tert-OH is 1. The van der Waals surface area contributed by atoms with Gasteiger partial charge in [0.25, 0.3) is 11.7 Å². The summed E-state index contributed by atoms with van der Waals surface area (Å²) in [5.41, 5.74) is 1.29. The number of nitrogens with zero attached hydrogens (tertiary/aromatic N) is 1. The molecule has 1 saturated carbocycles. The summed E-state index contributed by atoms with van der Waals surface area (Å²) in [6.45, 7) is 12.9. The van der Waals surface area contributed by atoms with Crippen LogP contribution in [0, 0.1) is 35.5 Å². The molecule has 66 heavy (non-hydrogen) atoms. The second-order valence-electron chi connectivity index (χ2n) is 19.9. The Kier molecular flexibility index (Phi) is 21.6. The fourth-order valence-corrected chi connectivity index (χ4v) is 10.5. The van der Waals surface area contributed by atoms with Crippen molar-refractivity contribution >= 4 is 29.2 Å². The summed E-state index contributed by atoms with van der Waals surface area (Å²) in [5.74, 6) is -7.60. The molecule has 0 aromatic rings. The predicted octanol–water partition coefficient (Wildman–Crippen LogP) is 6.41. The molecular weight excluding hydrogens is 845 g/mol. The van der Waals surface area contributed by atoms with Gasteiger partial charge in [0.15, 0.2) is 5.78 Å². The molecule has 4 rings (SSSR count). The molecule has 3 aliphatic heterocycles. The minimum Gasteiger partial charge on any atom is -0.460 e. The van der Waals surface area contributed by atoms with Crippen LogP contribution in [0.1, 0.15) is 126 Å². The van der Waals surface area contributed by atoms with Crippen LogP contribution in [0.5, 0.6) is 0 Å². The van der Waals surface area contributed by atoms with E-state index in [1.54, 1.807) is 41.1 Å². The number of aliphatic hydroxyl groups is 2. The molecule has 1 amide bonds. The fourth-order valence-electron chi connectivity index (χ4n) is 10.5. The summed E-state index contributed by atoms with van der Waals surface area (Å²) in [7, 11) is 6.61. The van der Waals surface area contributed by atoms with Crippen molar-refractivity contribution in [3.63, 3.8) is 0 Å². The van der Waals surface area contributed by atoms with Gasteiger partial charge in [0.05, 0.1) is 18.3 Å². The van der Waals surface area contributed by atoms with Crippen molar-refractivity contribution in [2.45, 2.75) is 180 Å². The number of Topliss-reactive ketones (excluding diaryl/α,β-unsaturated/α-hetero) is 3. The predicted molar refractivity (Wildman–Crippen MR) is 252 cm³/mol. The minimum absolute atomic E-state index is 0.00419. The van der Waals surface area contributed by atoms with Crippen molar-refractivity contribution in [3.05, 3.63) is 47.6 Å². The highest BCUT2D eigenvalue weighted by Gasteiger charge is 2.53. The normalized spacial score (nSPS) is 40.0. The van der Waals surface area contributed by atoms with Gasteiger partial charge >= 0.3 is 5.97 Å². The summed E-state index contributed by atoms with van der Waals surface area (Å²) in [6, 6.07) is -0.899. The molecule has 3 unspecified atom stereocenters. The van der Waals surface area contributed by atoms with Crippen LogP contribution in [0.4, 0.5) is 0 Å². The van der Waals surface area contributed by atoms with Gasteiger partial charge in [-0.15, -0.1) is 0 Å². The molecule has 3 fully saturated rings. The van der Waals surface area contributed by atoms with Crippen LogP contribution in [-0.2, 0) is 47.7 Å². The summed E-state index contributed by atoms with van der Waals surface area (Å²) in [4.78, 5) is 72.0. The van der Waals surface area contributed by atoms with Crippen molar-refractivity contribution in [3.8, 4) is 0 Å². The number of methoxy groups -OCH3 is 3. The lowest BCUT2D eigenvalue weighted by Gasteiger charge is -2.42. The second-order valence-corrected chi connectivity index (χ2v) is 19.9. The highest BCUT2D eigenvalue weighted by atomic mass is 16.6. The first-order valence-electron chi connectivity index (χ1n) is 24.5. The van der Waals surface area contributed by atoms with E-state index in [-0.39, 0.29) is 60.9 Å². The summed E-state index contributed by atoms with van der Waals surface area (Å²) < 4.78 is 29.7. The van der Waals surface area contributed by atoms with Crippen molar-refractivity contribution < 1.29 is 57.9 Å². The number of hydrogen-bond acceptors (Lipinski definition) is 13. The maximum absolute atomic E-state index is 14.4. The van der Waals surface area contributed by atoms with E-state index in [0.29, 0.717) is 50.5 Å². The van der Waals surface area contributed by atoms with Gasteiger partial charge in [-0.2, -0.15) is 0 Å². The number of rotatable bonds is 7. The van der Waals surface area contributed by atoms with E-state index in [9.17, 15) is 34.2 Å². The van der Waals surface area contributed by atoms with Crippen LogP contribution < -0.4 is 5.32 Å². The number of fused-ring (bicyclic) bond motifs is 3. The maximum Gasteiger partial charge on any atom is 0.329 e. The Morgan fingerprint density at radius 2 is 1.61 bits per heavy atom. The van der Waals surface area contributed by atoms with Crippen LogP contribution in [-0.4, -0.2) is 134 Å². The Labute approximate surface area is 394 Å². The number of ketones is 3. The Morgan fingerprint density at radius 3 is 2.27 bits per heavy atom. The Bertz CT molecular complexity index is 1780. The molecule has 1 aliphatic carbocycles. The number of carbonyl (C=O) groups excluding carboxylic acids is 5. The van der Waals surface area contributed by atoms with Gasteiger partial charge in [-0.1, -0.05) is 71.1 Å². The topological polar surface area (TPSA) is 187 Å². The number of esters is 1. The van der Waals surface area contributed by atoms with Crippen molar-refractivity contribution in [2.75, 3.05) is 34.9 Å². The number of amides is 1. The first kappa shape index (κ1) is 55.2. The smallest absolute Gasteiger partial charge is 0.329 e. The van der Waals surface area contributed by atoms with Crippen molar-refractivity contribution in [2.24, 2.45) is 35.5 Å². The van der Waals surface area contributed by atoms with E-state index in [2.05, 4.69) is 5.32 Å². The van der Waals surface area contributed by atoms with E-state index in [1.807, 2.05) is 65.1 Å². The summed E-state index contributed by atoms with van der Waals surface area (Å²) in [5, 5.41) is 26.8. The second kappa shape index (κ2) is 25.8. The van der Waals surface area contributed by atoms with Crippen LogP contribution >= 0.6 is 0 Å². The molecule has 15 atom stereocenters. The monoisotopic (exact) mass is 927 g/mol. The van der Waals surface area contributed by atoms with Crippen LogP contribution in [0.3, 0.4) is 0 Å². The van der Waals surface area contributed by atoms with Gasteiger partial charge in [-0.05, 0) is 114 Å². The number of nitrogens with one attached hydrogen (secondary N) is 1. The maximum atomic E-state index is 14.4. The molecule has 0 spiro atoms. The van der Waals surface area contributed by atoms with E-state index >= 15 is 0 Å². The first-order chi connectivity index (χ1) is 31.3. The molecule has 2 bridgehead atoms. The molecule has 14 heteroatoms. The Balaban J connectivity index is 1.70. The standard InChI is InChI=1S/C52H82N2O12/c1-31-17-13-12-14-18-32(2)43(62-9)29-39-22-20-37(7)52(61,66-39)49(58)50(59)54-24-16-15-19-41(54)51(60)65-44(34(4)27-38-21-23-40(53-8)45(28-38)63-10)30-42(55)33(3)26-36(6)47(57)48(64-11)46(56)35(5)25-31/h12-14,17-18,26,31,33-35,37-41,43-45,47-48,53,57,61H,15-16,19-25,27-30H2,1-11H3/b14-12+,17-13+,32-18+,36-26+/t31-,33-,34-,35-,37-,38+,39?,40?,41?,43+,44+,45-,47-,48+,52-/m1/s1. The molecule has 0 aromatic heterocycles. The first-order valence-corrected chi connectivity index (χ1v) is 24.5. The van der Waals surface area contributed by atoms with Crippen LogP contribution in [0.15, 0.2) is 47.6 Å². The van der Waals surface area contributed by atoms with E-state index in [0.717, 1.165) is 24.8 Å². The highest BCUT2D eigenvalue weighted by Crippen LogP contribution is 2.38. The lowest BCUT2D eigenvalue weighted by atomic mass is 9.77. The van der Waals surface area contributed by atoms with Gasteiger partial charge in [-0.3, -0.25) is 19.2 Å². The van der Waals surface area contributed by atoms with Crippen molar-refractivity contribution in [1.29, 1.82) is 0 Å². The SMILES string of the molecule is CNC1CC[C@@H](C[C@@H](C)[C@@H]2CC(=O)[C@H](C)/C=C(\C)[C@@H](O)[C@@H](OC)C(=O)[C@H](C)C[C@H](C)/C=C/C=C/C=C(\C)[C@@H](OC)CC3CC[C@@H](C)[C@@](O)(O3)C(=O)C(=O)N3CCCCC3C(=O)O2)C[C@H]1OC. The van der Waals surface area contributed by atoms with Gasteiger partial charge in [0, 0.05) is 64.5 Å². The van der Waals surface area contributed by atoms with Crippen LogP contribution in [0.25, 0.3) is 0 Å². The van der Waals surface area contributed by atoms with Gasteiger partial charge in [0.1, 0.15) is 30.1 Å². The van der Waals surface area contributed by atoms with Crippen molar-refractivity contribution in [1.82, 2.24) is 10.2 Å². The van der Waals surface area contributed by atoms with Gasteiger partial charge < -0.3 is 44.1 Å². The molecule has 2 saturated heterocycles. The lowest BCUT2D eigenvalue weighted by molar-refractivity contribution is -0.265. The summed E-state index contributed by atoms with van der Waals surface area (Å²) in [6.07, 6.45) is 13.2. The third kappa shape index (κ3) is 14.3. The number of ether oxygens (including phenoxy) is 5. The average molecular weight is 927 g/mol. The Hall–Kier alpha value is -3.37. The molecule has 0 radical (unpaired) electrons. The van der Waals surface area contributed by atoms with E-state index in [4.69, 9.17) is 23.7 Å². The number of likely N-dealkylation sites (N-methyl/N-ethyl adjacent to an activating group) is 1. The van der Waals surface area contributed by atoms with Gasteiger partial charge in [-0.25, -0.2) is 4.79 Å². The molecule has 3 N–H and O–H groups in total. The number of hydrogen-bond donors (Lipinski definition) is 3. The number of allylic oxidation sites excluding steroid dienone is 6. The van der Waals surface area contributed by atoms with E-state index in [1.165, 1.54) is 12.0 Å². The zero-order valence-corrected chi connectivity index (χ0v) is 41.7. The third-order valence-electron chi connectivity index (χ3n) is 14.9. The number of cyclic esters (lactones) is 1. The molecule has 14 nitrogen and oxygen atoms in total. The molecular formula is C52H82N2O12. The molecule has 4 aliphatic rings. The van der Waals surface area contributed by atoms with Gasteiger partial charge in [0.2, 0.25) is 5.79 Å². The molecule has 3 heterocycles. The van der Waals surface area contributed by atoms with Crippen LogP contribution in [0.2, 0.25) is 0 Å². The quantitative estimate of drug-likeness (QED) is 0.145. The number of piperidine rings is 1. The highest BCUT2D eigenvalue weighted by molar-refractivity contribution is 6.39. The molecule has 372 valence electrons. The number of carbonyl (C=O) groups is 5. The zero-order valence-electron chi connectivity index (χ0n) is 41.7. The third-order valence-corrected chi connectivity index (χ3v) is 14.9. The summed E-state index contributed by atoms with van der Waals surface area (Å²) >= 11 is 0. The fraction of sp³-hybridized carbons (Fsp3) is 0.750. The Morgan fingerprint density at radius 1 is 0.879 bits per heavy atom. The lowest BCUT2D eigenvalue weighted by Crippen LogP contribution is -2.61.